The Morgan fingerprint density at radius 1 is 1.12 bits per heavy atom. The van der Waals surface area contributed by atoms with Crippen LogP contribution in [0.4, 0.5) is 0 Å². The van der Waals surface area contributed by atoms with E-state index in [1.54, 1.807) is 0 Å². The van der Waals surface area contributed by atoms with Crippen LogP contribution in [-0.2, 0) is 23.7 Å². The molecule has 0 radical (unpaired) electrons. The van der Waals surface area contributed by atoms with E-state index in [0.717, 1.165) is 32.1 Å². The average molecular weight is 371 g/mol. The second kappa shape index (κ2) is 8.15. The maximum atomic E-state index is 12.7. The van der Waals surface area contributed by atoms with Crippen molar-refractivity contribution in [2.45, 2.75) is 110 Å². The van der Waals surface area contributed by atoms with Crippen LogP contribution in [-0.4, -0.2) is 48.7 Å². The first-order chi connectivity index (χ1) is 12.1. The number of rotatable bonds is 9. The Morgan fingerprint density at radius 3 is 2.42 bits per heavy atom. The Bertz CT molecular complexity index is 487. The summed E-state index contributed by atoms with van der Waals surface area (Å²) < 4.78 is 24.3. The number of unbranched alkanes of at least 4 members (excludes halogenated alkanes) is 1. The van der Waals surface area contributed by atoms with Gasteiger partial charge in [-0.2, -0.15) is 0 Å². The van der Waals surface area contributed by atoms with E-state index < -0.39 is 11.0 Å². The molecule has 0 aromatic carbocycles. The summed E-state index contributed by atoms with van der Waals surface area (Å²) >= 11 is 0. The molecule has 2 heterocycles. The number of carbonyl (C=O) groups excluding carboxylic acids is 1. The summed E-state index contributed by atoms with van der Waals surface area (Å²) in [7, 11) is 0. The summed E-state index contributed by atoms with van der Waals surface area (Å²) in [4.78, 5) is 12.7. The predicted octanol–water partition coefficient (Wildman–Crippen LogP) is 4.27. The van der Waals surface area contributed by atoms with Crippen molar-refractivity contribution in [1.82, 2.24) is 0 Å². The minimum Gasteiger partial charge on any atom is -0.457 e. The van der Waals surface area contributed by atoms with Crippen LogP contribution in [0.3, 0.4) is 0 Å². The normalized spacial score (nSPS) is 31.9. The first-order valence-electron chi connectivity index (χ1n) is 10.2. The number of hydrogen-bond acceptors (Lipinski definition) is 5. The van der Waals surface area contributed by atoms with Gasteiger partial charge in [0, 0.05) is 0 Å². The van der Waals surface area contributed by atoms with E-state index >= 15 is 0 Å². The van der Waals surface area contributed by atoms with Gasteiger partial charge in [-0.3, -0.25) is 4.79 Å². The molecule has 2 rings (SSSR count). The van der Waals surface area contributed by atoms with E-state index in [1.165, 1.54) is 0 Å². The summed E-state index contributed by atoms with van der Waals surface area (Å²) in [6.45, 7) is 15.3. The van der Waals surface area contributed by atoms with Gasteiger partial charge in [-0.1, -0.05) is 33.1 Å². The Balaban J connectivity index is 1.99. The van der Waals surface area contributed by atoms with E-state index in [-0.39, 0.29) is 29.9 Å². The second-order valence-electron chi connectivity index (χ2n) is 9.30. The molecular weight excluding hydrogens is 332 g/mol. The maximum absolute atomic E-state index is 12.7. The molecule has 2 fully saturated rings. The third kappa shape index (κ3) is 4.60. The third-order valence-corrected chi connectivity index (χ3v) is 5.81. The van der Waals surface area contributed by atoms with Crippen molar-refractivity contribution in [2.24, 2.45) is 5.41 Å². The lowest BCUT2D eigenvalue weighted by molar-refractivity contribution is -0.165. The van der Waals surface area contributed by atoms with Gasteiger partial charge in [-0.25, -0.2) is 0 Å². The number of carbonyl (C=O) groups is 1. The Kier molecular flexibility index (Phi) is 6.79. The van der Waals surface area contributed by atoms with Crippen LogP contribution in [0.1, 0.15) is 80.6 Å². The molecule has 152 valence electrons. The van der Waals surface area contributed by atoms with E-state index in [4.69, 9.17) is 18.9 Å². The molecule has 0 spiro atoms. The van der Waals surface area contributed by atoms with Crippen molar-refractivity contribution in [3.8, 4) is 0 Å². The Hall–Kier alpha value is -0.650. The number of hydrogen-bond donors (Lipinski definition) is 0. The summed E-state index contributed by atoms with van der Waals surface area (Å²) in [5.74, 6) is -0.164. The van der Waals surface area contributed by atoms with Gasteiger partial charge in [0.1, 0.15) is 17.8 Å². The molecule has 0 saturated carbocycles. The van der Waals surface area contributed by atoms with Crippen molar-refractivity contribution in [3.63, 3.8) is 0 Å². The van der Waals surface area contributed by atoms with Gasteiger partial charge >= 0.3 is 5.97 Å². The van der Waals surface area contributed by atoms with E-state index in [9.17, 15) is 4.79 Å². The first-order valence-corrected chi connectivity index (χ1v) is 10.2. The van der Waals surface area contributed by atoms with Crippen molar-refractivity contribution < 1.29 is 23.7 Å². The SMILES string of the molecule is CCCCC(C)(C)C(=O)OC1CO[C@]2(C)C(OC(C)(C)CCC)CO[C@H]12. The van der Waals surface area contributed by atoms with Crippen LogP contribution >= 0.6 is 0 Å². The van der Waals surface area contributed by atoms with E-state index in [1.807, 2.05) is 20.8 Å². The monoisotopic (exact) mass is 370 g/mol. The van der Waals surface area contributed by atoms with Crippen LogP contribution in [0, 0.1) is 5.41 Å². The van der Waals surface area contributed by atoms with Crippen molar-refractivity contribution in [3.05, 3.63) is 0 Å². The molecule has 0 amide bonds. The fraction of sp³-hybridized carbons (Fsp3) is 0.952. The van der Waals surface area contributed by atoms with E-state index in [0.29, 0.717) is 13.2 Å². The van der Waals surface area contributed by atoms with Crippen LogP contribution in [0.25, 0.3) is 0 Å². The summed E-state index contributed by atoms with van der Waals surface area (Å²) in [6.07, 6.45) is 4.18. The Morgan fingerprint density at radius 2 is 1.81 bits per heavy atom. The summed E-state index contributed by atoms with van der Waals surface area (Å²) in [5, 5.41) is 0. The van der Waals surface area contributed by atoms with Crippen molar-refractivity contribution in [2.75, 3.05) is 13.2 Å². The second-order valence-corrected chi connectivity index (χ2v) is 9.30. The molecule has 0 aliphatic carbocycles. The molecule has 0 N–H and O–H groups in total. The molecule has 2 aliphatic rings. The predicted molar refractivity (Wildman–Crippen MR) is 101 cm³/mol. The van der Waals surface area contributed by atoms with E-state index in [2.05, 4.69) is 27.7 Å². The highest BCUT2D eigenvalue weighted by Gasteiger charge is 2.60. The molecule has 0 bridgehead atoms. The zero-order valence-corrected chi connectivity index (χ0v) is 17.7. The highest BCUT2D eigenvalue weighted by atomic mass is 16.7. The van der Waals surface area contributed by atoms with Crippen molar-refractivity contribution >= 4 is 5.97 Å². The van der Waals surface area contributed by atoms with Crippen LogP contribution in [0.2, 0.25) is 0 Å². The molecule has 2 saturated heterocycles. The standard InChI is InChI=1S/C21H38O5/c1-8-10-12-19(3,4)18(22)25-15-13-24-21(7)16(14-23-17(15)21)26-20(5,6)11-9-2/h15-17H,8-14H2,1-7H3/t15?,16?,17-,21-/m1/s1. The lowest BCUT2D eigenvalue weighted by Crippen LogP contribution is -2.49. The third-order valence-electron chi connectivity index (χ3n) is 5.81. The van der Waals surface area contributed by atoms with Crippen LogP contribution in [0.5, 0.6) is 0 Å². The molecule has 26 heavy (non-hydrogen) atoms. The molecule has 5 heteroatoms. The van der Waals surface area contributed by atoms with Crippen LogP contribution < -0.4 is 0 Å². The molecule has 0 aromatic heterocycles. The quantitative estimate of drug-likeness (QED) is 0.568. The molecule has 5 nitrogen and oxygen atoms in total. The highest BCUT2D eigenvalue weighted by Crippen LogP contribution is 2.42. The van der Waals surface area contributed by atoms with Gasteiger partial charge < -0.3 is 18.9 Å². The van der Waals surface area contributed by atoms with Gasteiger partial charge in [-0.15, -0.1) is 0 Å². The van der Waals surface area contributed by atoms with Crippen molar-refractivity contribution in [1.29, 1.82) is 0 Å². The topological polar surface area (TPSA) is 54.0 Å². The van der Waals surface area contributed by atoms with Gasteiger partial charge in [0.25, 0.3) is 0 Å². The maximum Gasteiger partial charge on any atom is 0.311 e. The van der Waals surface area contributed by atoms with Gasteiger partial charge in [0.2, 0.25) is 0 Å². The molecule has 4 atom stereocenters. The average Bonchev–Trinajstić information content (AvgIpc) is 3.02. The zero-order valence-electron chi connectivity index (χ0n) is 17.7. The number of fused-ring (bicyclic) bond motifs is 1. The summed E-state index contributed by atoms with van der Waals surface area (Å²) in [5.41, 5.74) is -1.27. The smallest absolute Gasteiger partial charge is 0.311 e. The zero-order chi connectivity index (χ0) is 19.6. The van der Waals surface area contributed by atoms with Crippen LogP contribution in [0.15, 0.2) is 0 Å². The fourth-order valence-electron chi connectivity index (χ4n) is 4.02. The molecular formula is C21H38O5. The molecule has 0 aromatic rings. The molecule has 2 aliphatic heterocycles. The first kappa shape index (κ1) is 21.6. The van der Waals surface area contributed by atoms with Gasteiger partial charge in [-0.05, 0) is 47.5 Å². The lowest BCUT2D eigenvalue weighted by atomic mass is 9.87. The van der Waals surface area contributed by atoms with Gasteiger partial charge in [0.05, 0.1) is 24.2 Å². The Labute approximate surface area is 159 Å². The fourth-order valence-corrected chi connectivity index (χ4v) is 4.02. The summed E-state index contributed by atoms with van der Waals surface area (Å²) in [6, 6.07) is 0. The number of ether oxygens (including phenoxy) is 4. The largest absolute Gasteiger partial charge is 0.457 e. The lowest BCUT2D eigenvalue weighted by Gasteiger charge is -2.35. The minimum atomic E-state index is -0.566. The van der Waals surface area contributed by atoms with Gasteiger partial charge in [0.15, 0.2) is 6.10 Å². The molecule has 2 unspecified atom stereocenters. The highest BCUT2D eigenvalue weighted by molar-refractivity contribution is 5.76. The number of esters is 1. The minimum absolute atomic E-state index is 0.147.